The first-order valence-corrected chi connectivity index (χ1v) is 12.0. The van der Waals surface area contributed by atoms with Crippen LogP contribution in [0.1, 0.15) is 12.0 Å². The summed E-state index contributed by atoms with van der Waals surface area (Å²) in [6, 6.07) is 8.38. The average molecular weight is 503 g/mol. The van der Waals surface area contributed by atoms with Crippen LogP contribution in [0.3, 0.4) is 0 Å². The zero-order valence-corrected chi connectivity index (χ0v) is 20.1. The normalized spacial score (nSPS) is 21.1. The molecular formula is C24H28ClFN6O3. The molecule has 4 N–H and O–H groups in total. The van der Waals surface area contributed by atoms with Crippen LogP contribution in [0.4, 0.5) is 20.6 Å². The number of rotatable bonds is 7. The number of nitrogens with one attached hydrogen (secondary N) is 4. The molecule has 0 aromatic heterocycles. The van der Waals surface area contributed by atoms with Gasteiger partial charge in [0.15, 0.2) is 11.5 Å². The molecule has 11 heteroatoms. The lowest BCUT2D eigenvalue weighted by molar-refractivity contribution is 0.223. The molecule has 2 fully saturated rings. The summed E-state index contributed by atoms with van der Waals surface area (Å²) in [6.45, 7) is 4.35. The molecule has 0 aliphatic carbocycles. The fraction of sp³-hybridized carbons (Fsp3) is 0.417. The number of hydrogen-bond donors (Lipinski definition) is 4. The number of likely N-dealkylation sites (tertiary alicyclic amines) is 1. The molecule has 3 aliphatic rings. The highest BCUT2D eigenvalue weighted by Gasteiger charge is 2.36. The van der Waals surface area contributed by atoms with Gasteiger partial charge in [-0.1, -0.05) is 11.6 Å². The van der Waals surface area contributed by atoms with Gasteiger partial charge in [-0.2, -0.15) is 0 Å². The predicted octanol–water partition coefficient (Wildman–Crippen LogP) is 3.11. The number of amides is 2. The second-order valence-electron chi connectivity index (χ2n) is 8.83. The Labute approximate surface area is 208 Å². The fourth-order valence-electron chi connectivity index (χ4n) is 4.71. The molecule has 2 saturated heterocycles. The van der Waals surface area contributed by atoms with E-state index in [1.54, 1.807) is 13.2 Å². The van der Waals surface area contributed by atoms with Crippen LogP contribution in [0.25, 0.3) is 0 Å². The Morgan fingerprint density at radius 3 is 2.94 bits per heavy atom. The number of halogens is 2. The minimum Gasteiger partial charge on any atom is -0.493 e. The highest BCUT2D eigenvalue weighted by Crippen LogP contribution is 2.35. The molecule has 0 radical (unpaired) electrons. The monoisotopic (exact) mass is 502 g/mol. The van der Waals surface area contributed by atoms with Gasteiger partial charge in [-0.15, -0.1) is 0 Å². The van der Waals surface area contributed by atoms with E-state index in [9.17, 15) is 9.18 Å². The number of anilines is 2. The van der Waals surface area contributed by atoms with E-state index in [2.05, 4.69) is 31.2 Å². The van der Waals surface area contributed by atoms with Crippen LogP contribution < -0.4 is 30.7 Å². The number of urea groups is 1. The quantitative estimate of drug-likeness (QED) is 0.434. The van der Waals surface area contributed by atoms with E-state index in [-0.39, 0.29) is 17.1 Å². The Hall–Kier alpha value is -3.24. The van der Waals surface area contributed by atoms with Crippen LogP contribution in [0.5, 0.6) is 11.5 Å². The van der Waals surface area contributed by atoms with E-state index in [1.165, 1.54) is 12.1 Å². The summed E-state index contributed by atoms with van der Waals surface area (Å²) in [5.41, 5.74) is 2.31. The van der Waals surface area contributed by atoms with Gasteiger partial charge in [0.05, 0.1) is 24.4 Å². The zero-order chi connectivity index (χ0) is 24.4. The number of amidine groups is 1. The summed E-state index contributed by atoms with van der Waals surface area (Å²) in [5.74, 6) is 1.85. The maximum absolute atomic E-state index is 13.5. The van der Waals surface area contributed by atoms with Gasteiger partial charge in [-0.05, 0) is 30.7 Å². The number of benzene rings is 2. The summed E-state index contributed by atoms with van der Waals surface area (Å²) in [7, 11) is 1.61. The van der Waals surface area contributed by atoms with Gasteiger partial charge in [0.1, 0.15) is 18.3 Å². The minimum atomic E-state index is -0.473. The van der Waals surface area contributed by atoms with Crippen molar-refractivity contribution in [1.29, 1.82) is 0 Å². The lowest BCUT2D eigenvalue weighted by Gasteiger charge is -2.25. The number of hydrogen-bond acceptors (Lipinski definition) is 7. The molecule has 3 heterocycles. The van der Waals surface area contributed by atoms with Crippen molar-refractivity contribution in [3.05, 3.63) is 46.7 Å². The topological polar surface area (TPSA) is 99.2 Å². The predicted molar refractivity (Wildman–Crippen MR) is 133 cm³/mol. The van der Waals surface area contributed by atoms with Crippen molar-refractivity contribution in [3.63, 3.8) is 0 Å². The molecule has 2 atom stereocenters. The smallest absolute Gasteiger partial charge is 0.315 e. The third-order valence-corrected chi connectivity index (χ3v) is 6.77. The first kappa shape index (κ1) is 23.5. The average Bonchev–Trinajstić information content (AvgIpc) is 3.25. The van der Waals surface area contributed by atoms with Crippen molar-refractivity contribution in [1.82, 2.24) is 15.5 Å². The van der Waals surface area contributed by atoms with Crippen LogP contribution in [0.2, 0.25) is 5.02 Å². The summed E-state index contributed by atoms with van der Waals surface area (Å²) < 4.78 is 25.2. The molecule has 0 spiro atoms. The van der Waals surface area contributed by atoms with Crippen LogP contribution in [-0.2, 0) is 0 Å². The third kappa shape index (κ3) is 5.23. The molecule has 2 aromatic rings. The summed E-state index contributed by atoms with van der Waals surface area (Å²) in [6.07, 6.45) is 0.840. The highest BCUT2D eigenvalue weighted by atomic mass is 35.5. The Kier molecular flexibility index (Phi) is 6.83. The standard InChI is InChI=1S/C24H28ClFN6O3/c1-34-21-9-19-16(23(29-13-28-19)30-15-3-4-18(26)17(25)7-15)8-22(21)35-6-2-5-32-11-14-10-27-24(33)31-20(14)12-32/h3-4,7-9,14,20,28H,2,5-6,10-13H2,1H3,(H,29,30)(H2,27,31,33). The van der Waals surface area contributed by atoms with Crippen molar-refractivity contribution < 1.29 is 18.7 Å². The van der Waals surface area contributed by atoms with Gasteiger partial charge in [0, 0.05) is 55.5 Å². The molecule has 3 aliphatic heterocycles. The molecule has 9 nitrogen and oxygen atoms in total. The van der Waals surface area contributed by atoms with Crippen LogP contribution in [-0.4, -0.2) is 69.4 Å². The second-order valence-corrected chi connectivity index (χ2v) is 9.23. The van der Waals surface area contributed by atoms with Gasteiger partial charge in [0.2, 0.25) is 0 Å². The summed E-state index contributed by atoms with van der Waals surface area (Å²) in [5, 5.41) is 12.4. The van der Waals surface area contributed by atoms with E-state index >= 15 is 0 Å². The van der Waals surface area contributed by atoms with Crippen LogP contribution in [0.15, 0.2) is 35.3 Å². The first-order valence-electron chi connectivity index (χ1n) is 11.6. The number of methoxy groups -OCH3 is 1. The van der Waals surface area contributed by atoms with Crippen molar-refractivity contribution in [2.75, 3.05) is 57.2 Å². The lowest BCUT2D eigenvalue weighted by Crippen LogP contribution is -2.54. The fourth-order valence-corrected chi connectivity index (χ4v) is 4.89. The van der Waals surface area contributed by atoms with Crippen LogP contribution >= 0.6 is 11.6 Å². The third-order valence-electron chi connectivity index (χ3n) is 6.48. The van der Waals surface area contributed by atoms with Gasteiger partial charge < -0.3 is 35.6 Å². The molecular weight excluding hydrogens is 475 g/mol. The summed E-state index contributed by atoms with van der Waals surface area (Å²) in [4.78, 5) is 18.4. The van der Waals surface area contributed by atoms with Crippen molar-refractivity contribution >= 4 is 34.8 Å². The summed E-state index contributed by atoms with van der Waals surface area (Å²) >= 11 is 5.93. The molecule has 0 bridgehead atoms. The highest BCUT2D eigenvalue weighted by molar-refractivity contribution is 6.31. The molecule has 2 aromatic carbocycles. The molecule has 5 rings (SSSR count). The van der Waals surface area contributed by atoms with E-state index in [4.69, 9.17) is 21.1 Å². The molecule has 186 valence electrons. The second kappa shape index (κ2) is 10.2. The Bertz CT molecular complexity index is 1150. The largest absolute Gasteiger partial charge is 0.493 e. The Balaban J connectivity index is 1.22. The number of carbonyl (C=O) groups is 1. The molecule has 2 unspecified atom stereocenters. The number of ether oxygens (including phenoxy) is 2. The first-order chi connectivity index (χ1) is 17.0. The molecule has 2 amide bonds. The Morgan fingerprint density at radius 2 is 2.11 bits per heavy atom. The van der Waals surface area contributed by atoms with Gasteiger partial charge in [0.25, 0.3) is 0 Å². The van der Waals surface area contributed by atoms with E-state index < -0.39 is 5.82 Å². The molecule has 35 heavy (non-hydrogen) atoms. The number of fused-ring (bicyclic) bond motifs is 2. The van der Waals surface area contributed by atoms with E-state index in [0.717, 1.165) is 43.9 Å². The van der Waals surface area contributed by atoms with Gasteiger partial charge in [-0.3, -0.25) is 0 Å². The van der Waals surface area contributed by atoms with E-state index in [0.29, 0.717) is 42.2 Å². The van der Waals surface area contributed by atoms with Crippen LogP contribution in [0, 0.1) is 11.7 Å². The number of carbonyl (C=O) groups excluding carboxylic acids is 1. The maximum atomic E-state index is 13.5. The lowest BCUT2D eigenvalue weighted by atomic mass is 10.0. The zero-order valence-electron chi connectivity index (χ0n) is 19.4. The van der Waals surface area contributed by atoms with Crippen molar-refractivity contribution in [2.24, 2.45) is 10.9 Å². The number of nitrogens with zero attached hydrogens (tertiary/aromatic N) is 2. The maximum Gasteiger partial charge on any atom is 0.315 e. The van der Waals surface area contributed by atoms with Crippen molar-refractivity contribution in [2.45, 2.75) is 12.5 Å². The number of aliphatic imine (C=N–C) groups is 1. The Morgan fingerprint density at radius 1 is 1.23 bits per heavy atom. The minimum absolute atomic E-state index is 0.0411. The van der Waals surface area contributed by atoms with E-state index in [1.807, 2.05) is 12.1 Å². The van der Waals surface area contributed by atoms with Gasteiger partial charge in [-0.25, -0.2) is 14.2 Å². The molecule has 0 saturated carbocycles. The van der Waals surface area contributed by atoms with Crippen molar-refractivity contribution in [3.8, 4) is 11.5 Å². The van der Waals surface area contributed by atoms with Gasteiger partial charge >= 0.3 is 6.03 Å². The SMILES string of the molecule is COc1cc2c(cc1OCCCN1CC3CNC(=O)NC3C1)C(Nc1ccc(F)c(Cl)c1)=NCN2.